The predicted molar refractivity (Wildman–Crippen MR) is 83.3 cm³/mol. The molecule has 1 aliphatic rings. The summed E-state index contributed by atoms with van der Waals surface area (Å²) in [5.41, 5.74) is 1.97. The molecule has 0 unspecified atom stereocenters. The maximum Gasteiger partial charge on any atom is 0.227 e. The van der Waals surface area contributed by atoms with Crippen LogP contribution < -0.4 is 0 Å². The van der Waals surface area contributed by atoms with E-state index in [0.29, 0.717) is 17.4 Å². The van der Waals surface area contributed by atoms with E-state index in [0.717, 1.165) is 30.8 Å². The molecule has 0 N–H and O–H groups in total. The minimum atomic E-state index is 0.140. The van der Waals surface area contributed by atoms with E-state index in [1.54, 1.807) is 0 Å². The molecule has 0 spiro atoms. The van der Waals surface area contributed by atoms with Gasteiger partial charge in [0, 0.05) is 35.9 Å². The van der Waals surface area contributed by atoms with Gasteiger partial charge >= 0.3 is 0 Å². The normalized spacial score (nSPS) is 18.0. The molecule has 1 atom stereocenters. The molecule has 1 aromatic carbocycles. The van der Waals surface area contributed by atoms with Crippen LogP contribution in [0.3, 0.4) is 0 Å². The molecule has 1 fully saturated rings. The predicted octanol–water partition coefficient (Wildman–Crippen LogP) is 3.29. The molecule has 3 nitrogen and oxygen atoms in total. The lowest BCUT2D eigenvalue weighted by molar-refractivity contribution is -0.129. The Balaban J connectivity index is 1.64. The van der Waals surface area contributed by atoms with Crippen LogP contribution in [0.5, 0.6) is 0 Å². The number of carbonyl (C=O) groups is 1. The van der Waals surface area contributed by atoms with Gasteiger partial charge in [0.25, 0.3) is 0 Å². The second kappa shape index (κ2) is 6.27. The Morgan fingerprint density at radius 3 is 2.81 bits per heavy atom. The van der Waals surface area contributed by atoms with Crippen LogP contribution in [0.2, 0.25) is 5.02 Å². The number of hydrogen-bond donors (Lipinski definition) is 0. The van der Waals surface area contributed by atoms with Crippen LogP contribution in [0, 0.1) is 0 Å². The van der Waals surface area contributed by atoms with Crippen molar-refractivity contribution in [3.63, 3.8) is 0 Å². The topological polar surface area (TPSA) is 33.2 Å². The first kappa shape index (κ1) is 14.1. The van der Waals surface area contributed by atoms with Gasteiger partial charge in [-0.1, -0.05) is 35.9 Å². The van der Waals surface area contributed by atoms with Gasteiger partial charge in [-0.15, -0.1) is 0 Å². The second-order valence-electron chi connectivity index (χ2n) is 5.35. The zero-order chi connectivity index (χ0) is 14.7. The third-order valence-electron chi connectivity index (χ3n) is 3.95. The molecule has 2 heterocycles. The fourth-order valence-corrected chi connectivity index (χ4v) is 2.96. The Kier molecular flexibility index (Phi) is 4.20. The maximum absolute atomic E-state index is 12.4. The highest BCUT2D eigenvalue weighted by Crippen LogP contribution is 2.26. The van der Waals surface area contributed by atoms with Gasteiger partial charge in [0.1, 0.15) is 0 Å². The number of nitrogens with zero attached hydrogens (tertiary/aromatic N) is 2. The average Bonchev–Trinajstić information content (AvgIpc) is 3.00. The standard InChI is InChI=1S/C17H17ClN2O/c18-15-6-2-1-5-13(15)11-17(21)20-10-8-14(12-20)16-7-3-4-9-19-16/h1-7,9,14H,8,10-12H2/t14-/m0/s1. The highest BCUT2D eigenvalue weighted by molar-refractivity contribution is 6.31. The number of amides is 1. The number of likely N-dealkylation sites (tertiary alicyclic amines) is 1. The van der Waals surface area contributed by atoms with Gasteiger partial charge in [-0.05, 0) is 30.2 Å². The van der Waals surface area contributed by atoms with E-state index in [-0.39, 0.29) is 5.91 Å². The fraction of sp³-hybridized carbons (Fsp3) is 0.294. The second-order valence-corrected chi connectivity index (χ2v) is 5.76. The Labute approximate surface area is 129 Å². The molecule has 21 heavy (non-hydrogen) atoms. The van der Waals surface area contributed by atoms with Crippen molar-refractivity contribution in [2.45, 2.75) is 18.8 Å². The van der Waals surface area contributed by atoms with Crippen molar-refractivity contribution >= 4 is 17.5 Å². The number of pyridine rings is 1. The van der Waals surface area contributed by atoms with Crippen LogP contribution >= 0.6 is 11.6 Å². The first-order chi connectivity index (χ1) is 10.2. The monoisotopic (exact) mass is 300 g/mol. The molecule has 2 aromatic rings. The molecule has 1 amide bonds. The van der Waals surface area contributed by atoms with Gasteiger partial charge < -0.3 is 4.90 Å². The van der Waals surface area contributed by atoms with Gasteiger partial charge in [0.05, 0.1) is 6.42 Å². The van der Waals surface area contributed by atoms with Gasteiger partial charge in [0.15, 0.2) is 0 Å². The lowest BCUT2D eigenvalue weighted by atomic mass is 10.0. The highest BCUT2D eigenvalue weighted by Gasteiger charge is 2.28. The van der Waals surface area contributed by atoms with Crippen LogP contribution in [0.4, 0.5) is 0 Å². The van der Waals surface area contributed by atoms with E-state index in [9.17, 15) is 4.79 Å². The van der Waals surface area contributed by atoms with Crippen LogP contribution in [0.25, 0.3) is 0 Å². The lowest BCUT2D eigenvalue weighted by Crippen LogP contribution is -2.30. The number of rotatable bonds is 3. The van der Waals surface area contributed by atoms with Crippen molar-refractivity contribution in [2.75, 3.05) is 13.1 Å². The summed E-state index contributed by atoms with van der Waals surface area (Å²) in [7, 11) is 0. The van der Waals surface area contributed by atoms with E-state index in [2.05, 4.69) is 4.98 Å². The van der Waals surface area contributed by atoms with Gasteiger partial charge in [0.2, 0.25) is 5.91 Å². The molecule has 1 aromatic heterocycles. The summed E-state index contributed by atoms with van der Waals surface area (Å²) >= 11 is 6.12. The zero-order valence-electron chi connectivity index (χ0n) is 11.7. The summed E-state index contributed by atoms with van der Waals surface area (Å²) in [6, 6.07) is 13.5. The molecule has 0 saturated carbocycles. The van der Waals surface area contributed by atoms with Crippen molar-refractivity contribution in [1.82, 2.24) is 9.88 Å². The first-order valence-corrected chi connectivity index (χ1v) is 7.54. The minimum absolute atomic E-state index is 0.140. The first-order valence-electron chi connectivity index (χ1n) is 7.16. The van der Waals surface area contributed by atoms with E-state index in [1.807, 2.05) is 53.6 Å². The molecule has 0 aliphatic carbocycles. The molecule has 0 radical (unpaired) electrons. The largest absolute Gasteiger partial charge is 0.342 e. The van der Waals surface area contributed by atoms with E-state index in [4.69, 9.17) is 11.6 Å². The smallest absolute Gasteiger partial charge is 0.227 e. The van der Waals surface area contributed by atoms with Crippen molar-refractivity contribution in [1.29, 1.82) is 0 Å². The van der Waals surface area contributed by atoms with Crippen molar-refractivity contribution in [2.24, 2.45) is 0 Å². The molecule has 0 bridgehead atoms. The van der Waals surface area contributed by atoms with E-state index in [1.165, 1.54) is 0 Å². The summed E-state index contributed by atoms with van der Waals surface area (Å²) in [5.74, 6) is 0.489. The number of benzene rings is 1. The minimum Gasteiger partial charge on any atom is -0.342 e. The Morgan fingerprint density at radius 1 is 1.24 bits per heavy atom. The number of hydrogen-bond acceptors (Lipinski definition) is 2. The van der Waals surface area contributed by atoms with Crippen LogP contribution in [0.15, 0.2) is 48.7 Å². The molecule has 1 aliphatic heterocycles. The lowest BCUT2D eigenvalue weighted by Gasteiger charge is -2.17. The quantitative estimate of drug-likeness (QED) is 0.871. The van der Waals surface area contributed by atoms with Gasteiger partial charge in [-0.3, -0.25) is 9.78 Å². The maximum atomic E-state index is 12.4. The fourth-order valence-electron chi connectivity index (χ4n) is 2.76. The summed E-state index contributed by atoms with van der Waals surface area (Å²) < 4.78 is 0. The SMILES string of the molecule is O=C(Cc1ccccc1Cl)N1CC[C@H](c2ccccn2)C1. The summed E-state index contributed by atoms with van der Waals surface area (Å²) in [4.78, 5) is 18.7. The Bertz CT molecular complexity index is 630. The molecule has 108 valence electrons. The average molecular weight is 301 g/mol. The van der Waals surface area contributed by atoms with Crippen molar-refractivity contribution in [3.05, 3.63) is 64.9 Å². The Hall–Kier alpha value is -1.87. The molecule has 1 saturated heterocycles. The van der Waals surface area contributed by atoms with Crippen molar-refractivity contribution < 1.29 is 4.79 Å². The van der Waals surface area contributed by atoms with Crippen LogP contribution in [0.1, 0.15) is 23.6 Å². The third-order valence-corrected chi connectivity index (χ3v) is 4.32. The van der Waals surface area contributed by atoms with Crippen molar-refractivity contribution in [3.8, 4) is 0 Å². The Morgan fingerprint density at radius 2 is 2.05 bits per heavy atom. The number of carbonyl (C=O) groups excluding carboxylic acids is 1. The van der Waals surface area contributed by atoms with Gasteiger partial charge in [-0.25, -0.2) is 0 Å². The zero-order valence-corrected chi connectivity index (χ0v) is 12.5. The summed E-state index contributed by atoms with van der Waals surface area (Å²) in [6.45, 7) is 1.55. The summed E-state index contributed by atoms with van der Waals surface area (Å²) in [5, 5.41) is 0.659. The van der Waals surface area contributed by atoms with E-state index >= 15 is 0 Å². The molecule has 4 heteroatoms. The summed E-state index contributed by atoms with van der Waals surface area (Å²) in [6.07, 6.45) is 3.16. The molecular weight excluding hydrogens is 284 g/mol. The number of halogens is 1. The number of aromatic nitrogens is 1. The van der Waals surface area contributed by atoms with E-state index < -0.39 is 0 Å². The third kappa shape index (κ3) is 3.24. The van der Waals surface area contributed by atoms with Crippen LogP contribution in [-0.4, -0.2) is 28.9 Å². The molecule has 3 rings (SSSR count). The van der Waals surface area contributed by atoms with Gasteiger partial charge in [-0.2, -0.15) is 0 Å². The highest BCUT2D eigenvalue weighted by atomic mass is 35.5. The van der Waals surface area contributed by atoms with Crippen LogP contribution in [-0.2, 0) is 11.2 Å². The molecular formula is C17H17ClN2O.